The van der Waals surface area contributed by atoms with E-state index in [1.54, 1.807) is 0 Å². The first-order valence-electron chi connectivity index (χ1n) is 7.09. The van der Waals surface area contributed by atoms with Gasteiger partial charge in [-0.2, -0.15) is 0 Å². The number of para-hydroxylation sites is 2. The summed E-state index contributed by atoms with van der Waals surface area (Å²) in [5, 5.41) is 3.31. The minimum absolute atomic E-state index is 0.224. The molecule has 1 aliphatic heterocycles. The van der Waals surface area contributed by atoms with Crippen molar-refractivity contribution in [3.05, 3.63) is 58.7 Å². The van der Waals surface area contributed by atoms with Crippen LogP contribution in [0.4, 0.5) is 0 Å². The van der Waals surface area contributed by atoms with Crippen molar-refractivity contribution in [2.75, 3.05) is 7.05 Å². The lowest BCUT2D eigenvalue weighted by atomic mass is 10.2. The number of rotatable bonds is 1. The fraction of sp³-hybridized carbons (Fsp3) is 0.118. The van der Waals surface area contributed by atoms with Crippen molar-refractivity contribution < 1.29 is 0 Å². The summed E-state index contributed by atoms with van der Waals surface area (Å²) in [6.45, 7) is 0. The Balaban J connectivity index is 2.10. The van der Waals surface area contributed by atoms with E-state index in [0.717, 1.165) is 21.8 Å². The van der Waals surface area contributed by atoms with Crippen LogP contribution >= 0.6 is 34.8 Å². The number of amidine groups is 1. The zero-order valence-corrected chi connectivity index (χ0v) is 14.4. The molecule has 0 spiro atoms. The molecule has 1 aliphatic rings. The molecule has 3 aromatic rings. The van der Waals surface area contributed by atoms with E-state index >= 15 is 0 Å². The van der Waals surface area contributed by atoms with Gasteiger partial charge in [-0.15, -0.1) is 0 Å². The number of halogens is 3. The molecule has 0 bridgehead atoms. The number of likely N-dealkylation sites (N-methyl/N-ethyl adjacent to an activating group) is 1. The Morgan fingerprint density at radius 1 is 0.870 bits per heavy atom. The van der Waals surface area contributed by atoms with Gasteiger partial charge in [0.1, 0.15) is 6.17 Å². The lowest BCUT2D eigenvalue weighted by Gasteiger charge is -2.33. The summed E-state index contributed by atoms with van der Waals surface area (Å²) in [6, 6.07) is 16.4. The van der Waals surface area contributed by atoms with Gasteiger partial charge in [-0.05, 0) is 23.7 Å². The van der Waals surface area contributed by atoms with E-state index < -0.39 is 0 Å². The standard InChI is InChI=1S/C17H12Cl3N3/c1-22-16(14(18)15(19)21-17(22)20)23-12-8-4-2-6-10(12)11-7-3-5-9-13(11)23/h2-9,16H,1H3. The molecule has 0 aliphatic carbocycles. The van der Waals surface area contributed by atoms with Crippen LogP contribution in [0.5, 0.6) is 0 Å². The lowest BCUT2D eigenvalue weighted by Crippen LogP contribution is -2.34. The average Bonchev–Trinajstić information content (AvgIpc) is 2.89. The van der Waals surface area contributed by atoms with Gasteiger partial charge >= 0.3 is 0 Å². The molecule has 0 saturated heterocycles. The van der Waals surface area contributed by atoms with Gasteiger partial charge in [-0.25, -0.2) is 4.99 Å². The maximum Gasteiger partial charge on any atom is 0.201 e. The van der Waals surface area contributed by atoms with Gasteiger partial charge < -0.3 is 9.47 Å². The van der Waals surface area contributed by atoms with Gasteiger partial charge in [-0.3, -0.25) is 0 Å². The number of aliphatic imine (C=N–C) groups is 1. The molecule has 0 amide bonds. The topological polar surface area (TPSA) is 20.5 Å². The van der Waals surface area contributed by atoms with Gasteiger partial charge in [0, 0.05) is 17.8 Å². The molecule has 6 heteroatoms. The minimum Gasteiger partial charge on any atom is -0.324 e. The third-order valence-electron chi connectivity index (χ3n) is 4.13. The van der Waals surface area contributed by atoms with Crippen LogP contribution in [0.15, 0.2) is 63.7 Å². The molecule has 1 aromatic heterocycles. The Morgan fingerprint density at radius 2 is 1.39 bits per heavy atom. The Labute approximate surface area is 148 Å². The van der Waals surface area contributed by atoms with Crippen molar-refractivity contribution in [2.24, 2.45) is 4.99 Å². The molecule has 2 aromatic carbocycles. The predicted octanol–water partition coefficient (Wildman–Crippen LogP) is 5.48. The first-order valence-corrected chi connectivity index (χ1v) is 8.23. The predicted molar refractivity (Wildman–Crippen MR) is 98.3 cm³/mol. The van der Waals surface area contributed by atoms with E-state index in [4.69, 9.17) is 34.8 Å². The normalized spacial score (nSPS) is 18.9. The summed E-state index contributed by atoms with van der Waals surface area (Å²) >= 11 is 18.9. The minimum atomic E-state index is -0.334. The van der Waals surface area contributed by atoms with E-state index in [1.807, 2.05) is 36.2 Å². The third kappa shape index (κ3) is 2.15. The van der Waals surface area contributed by atoms with Crippen molar-refractivity contribution in [1.29, 1.82) is 0 Å². The highest BCUT2D eigenvalue weighted by atomic mass is 35.5. The fourth-order valence-electron chi connectivity index (χ4n) is 3.09. The van der Waals surface area contributed by atoms with Crippen LogP contribution in [0.3, 0.4) is 0 Å². The van der Waals surface area contributed by atoms with Crippen LogP contribution < -0.4 is 0 Å². The number of benzene rings is 2. The number of fused-ring (bicyclic) bond motifs is 3. The number of aromatic nitrogens is 1. The third-order valence-corrected chi connectivity index (χ3v) is 5.24. The van der Waals surface area contributed by atoms with E-state index in [9.17, 15) is 0 Å². The first kappa shape index (κ1) is 14.9. The van der Waals surface area contributed by atoms with Crippen LogP contribution in [-0.2, 0) is 0 Å². The highest BCUT2D eigenvalue weighted by molar-refractivity contribution is 6.65. The summed E-state index contributed by atoms with van der Waals surface area (Å²) in [7, 11) is 1.85. The maximum atomic E-state index is 6.50. The van der Waals surface area contributed by atoms with Crippen LogP contribution in [0.1, 0.15) is 6.17 Å². The van der Waals surface area contributed by atoms with Crippen LogP contribution in [0.2, 0.25) is 0 Å². The van der Waals surface area contributed by atoms with Crippen molar-refractivity contribution in [2.45, 2.75) is 6.17 Å². The smallest absolute Gasteiger partial charge is 0.201 e. The van der Waals surface area contributed by atoms with E-state index in [1.165, 1.54) is 0 Å². The van der Waals surface area contributed by atoms with Crippen molar-refractivity contribution in [3.8, 4) is 0 Å². The number of hydrogen-bond acceptors (Lipinski definition) is 2. The summed E-state index contributed by atoms with van der Waals surface area (Å²) in [4.78, 5) is 5.89. The Kier molecular flexibility index (Phi) is 3.52. The molecule has 2 heterocycles. The van der Waals surface area contributed by atoms with Gasteiger partial charge in [0.2, 0.25) is 5.29 Å². The molecule has 0 saturated carbocycles. The Hall–Kier alpha value is -1.68. The molecular weight excluding hydrogens is 353 g/mol. The largest absolute Gasteiger partial charge is 0.324 e. The average molecular weight is 365 g/mol. The van der Waals surface area contributed by atoms with E-state index in [0.29, 0.717) is 10.3 Å². The molecule has 1 atom stereocenters. The van der Waals surface area contributed by atoms with Gasteiger partial charge in [0.05, 0.1) is 16.1 Å². The van der Waals surface area contributed by atoms with Crippen LogP contribution in [-0.4, -0.2) is 21.8 Å². The van der Waals surface area contributed by atoms with Crippen molar-refractivity contribution in [3.63, 3.8) is 0 Å². The molecule has 1 unspecified atom stereocenters. The van der Waals surface area contributed by atoms with Crippen molar-refractivity contribution in [1.82, 2.24) is 9.47 Å². The first-order chi connectivity index (χ1) is 11.1. The molecule has 0 radical (unpaired) electrons. The maximum absolute atomic E-state index is 6.50. The molecule has 116 valence electrons. The van der Waals surface area contributed by atoms with Gasteiger partial charge in [0.15, 0.2) is 5.16 Å². The summed E-state index contributed by atoms with van der Waals surface area (Å²) in [6.07, 6.45) is -0.334. The van der Waals surface area contributed by atoms with Crippen LogP contribution in [0, 0.1) is 0 Å². The molecular formula is C17H12Cl3N3. The zero-order valence-electron chi connectivity index (χ0n) is 12.2. The number of hydrogen-bond donors (Lipinski definition) is 0. The summed E-state index contributed by atoms with van der Waals surface area (Å²) in [5.74, 6) is 0. The fourth-order valence-corrected chi connectivity index (χ4v) is 3.78. The highest BCUT2D eigenvalue weighted by Gasteiger charge is 2.31. The number of nitrogens with zero attached hydrogens (tertiary/aromatic N) is 3. The highest BCUT2D eigenvalue weighted by Crippen LogP contribution is 2.40. The molecule has 23 heavy (non-hydrogen) atoms. The molecule has 0 fully saturated rings. The van der Waals surface area contributed by atoms with Crippen LogP contribution in [0.25, 0.3) is 21.8 Å². The summed E-state index contributed by atoms with van der Waals surface area (Å²) < 4.78 is 2.15. The second-order valence-electron chi connectivity index (χ2n) is 5.41. The summed E-state index contributed by atoms with van der Waals surface area (Å²) in [5.41, 5.74) is 2.14. The second-order valence-corrected chi connectivity index (χ2v) is 6.51. The van der Waals surface area contributed by atoms with E-state index in [-0.39, 0.29) is 11.3 Å². The van der Waals surface area contributed by atoms with Crippen molar-refractivity contribution >= 4 is 61.9 Å². The van der Waals surface area contributed by atoms with Gasteiger partial charge in [-0.1, -0.05) is 59.6 Å². The molecule has 3 nitrogen and oxygen atoms in total. The Bertz CT molecular complexity index is 934. The zero-order chi connectivity index (χ0) is 16.1. The Morgan fingerprint density at radius 3 is 1.96 bits per heavy atom. The monoisotopic (exact) mass is 363 g/mol. The molecule has 4 rings (SSSR count). The van der Waals surface area contributed by atoms with E-state index in [2.05, 4.69) is 33.8 Å². The van der Waals surface area contributed by atoms with Gasteiger partial charge in [0.25, 0.3) is 0 Å². The SMILES string of the molecule is CN1C(Cl)=NC(Cl)=C(Cl)C1n1c2ccccc2c2ccccc21. The lowest BCUT2D eigenvalue weighted by molar-refractivity contribution is 0.345. The quantitative estimate of drug-likeness (QED) is 0.524. The second kappa shape index (κ2) is 5.45. The molecule has 0 N–H and O–H groups in total.